The van der Waals surface area contributed by atoms with E-state index in [4.69, 9.17) is 26.8 Å². The van der Waals surface area contributed by atoms with E-state index in [1.54, 1.807) is 0 Å². The van der Waals surface area contributed by atoms with Crippen LogP contribution in [-0.2, 0) is 18.4 Å². The number of rotatable bonds is 7. The number of carbonyl (C=O) groups excluding carboxylic acids is 1. The molecule has 0 bridgehead atoms. The highest BCUT2D eigenvalue weighted by molar-refractivity contribution is 6.32. The zero-order valence-electron chi connectivity index (χ0n) is 15.4. The molecule has 2 heterocycles. The summed E-state index contributed by atoms with van der Waals surface area (Å²) in [5, 5.41) is 3.81. The highest BCUT2D eigenvalue weighted by Gasteiger charge is 2.27. The van der Waals surface area contributed by atoms with Crippen molar-refractivity contribution in [2.75, 3.05) is 33.4 Å². The SMILES string of the molecule is COc1cc(CN2CCNCC2c2nccn2C)cc(Cl)c1OCC(N)=O. The van der Waals surface area contributed by atoms with Gasteiger partial charge < -0.3 is 25.1 Å². The van der Waals surface area contributed by atoms with Crippen molar-refractivity contribution in [1.82, 2.24) is 19.8 Å². The Kier molecular flexibility index (Phi) is 6.20. The summed E-state index contributed by atoms with van der Waals surface area (Å²) >= 11 is 6.37. The molecule has 1 amide bonds. The fourth-order valence-electron chi connectivity index (χ4n) is 3.27. The average molecular weight is 394 g/mol. The second-order valence-corrected chi connectivity index (χ2v) is 6.86. The Morgan fingerprint density at radius 2 is 2.30 bits per heavy atom. The number of carbonyl (C=O) groups is 1. The maximum atomic E-state index is 11.0. The number of aryl methyl sites for hydroxylation is 1. The standard InChI is InChI=1S/C18H24ClN5O3/c1-23-5-4-22-18(23)14-9-21-3-6-24(14)10-12-7-13(19)17(15(8-12)26-2)27-11-16(20)25/h4-5,7-8,14,21H,3,6,9-11H2,1-2H3,(H2,20,25). The molecule has 146 valence electrons. The van der Waals surface area contributed by atoms with Crippen molar-refractivity contribution in [2.24, 2.45) is 12.8 Å². The summed E-state index contributed by atoms with van der Waals surface area (Å²) < 4.78 is 12.8. The molecule has 0 spiro atoms. The molecule has 1 fully saturated rings. The summed E-state index contributed by atoms with van der Waals surface area (Å²) in [5.74, 6) is 1.24. The van der Waals surface area contributed by atoms with Crippen LogP contribution in [0.2, 0.25) is 5.02 Å². The lowest BCUT2D eigenvalue weighted by atomic mass is 10.1. The van der Waals surface area contributed by atoms with Gasteiger partial charge in [0.15, 0.2) is 18.1 Å². The van der Waals surface area contributed by atoms with Crippen LogP contribution in [0.4, 0.5) is 0 Å². The summed E-state index contributed by atoms with van der Waals surface area (Å²) in [4.78, 5) is 17.8. The van der Waals surface area contributed by atoms with Gasteiger partial charge in [-0.2, -0.15) is 0 Å². The smallest absolute Gasteiger partial charge is 0.255 e. The summed E-state index contributed by atoms with van der Waals surface area (Å²) in [5.41, 5.74) is 6.13. The molecule has 0 saturated carbocycles. The molecule has 1 aliphatic rings. The number of halogens is 1. The van der Waals surface area contributed by atoms with Gasteiger partial charge in [-0.25, -0.2) is 4.98 Å². The molecule has 3 rings (SSSR count). The van der Waals surface area contributed by atoms with E-state index in [0.29, 0.717) is 23.1 Å². The van der Waals surface area contributed by atoms with Gasteiger partial charge >= 0.3 is 0 Å². The Labute approximate surface area is 163 Å². The Morgan fingerprint density at radius 1 is 1.48 bits per heavy atom. The Morgan fingerprint density at radius 3 is 2.96 bits per heavy atom. The van der Waals surface area contributed by atoms with Crippen molar-refractivity contribution >= 4 is 17.5 Å². The monoisotopic (exact) mass is 393 g/mol. The number of nitrogens with one attached hydrogen (secondary N) is 1. The predicted molar refractivity (Wildman–Crippen MR) is 102 cm³/mol. The van der Waals surface area contributed by atoms with Crippen molar-refractivity contribution in [1.29, 1.82) is 0 Å². The van der Waals surface area contributed by atoms with Gasteiger partial charge in [-0.15, -0.1) is 0 Å². The zero-order chi connectivity index (χ0) is 19.4. The van der Waals surface area contributed by atoms with Gasteiger partial charge in [-0.3, -0.25) is 9.69 Å². The quantitative estimate of drug-likeness (QED) is 0.731. The number of primary amides is 1. The zero-order valence-corrected chi connectivity index (χ0v) is 16.2. The lowest BCUT2D eigenvalue weighted by Crippen LogP contribution is -2.46. The molecule has 8 nitrogen and oxygen atoms in total. The lowest BCUT2D eigenvalue weighted by molar-refractivity contribution is -0.119. The van der Waals surface area contributed by atoms with Crippen molar-refractivity contribution in [3.05, 3.63) is 40.9 Å². The number of piperazine rings is 1. The van der Waals surface area contributed by atoms with Gasteiger partial charge in [-0.1, -0.05) is 11.6 Å². The van der Waals surface area contributed by atoms with Crippen LogP contribution in [0, 0.1) is 0 Å². The van der Waals surface area contributed by atoms with Crippen LogP contribution in [0.3, 0.4) is 0 Å². The predicted octanol–water partition coefficient (Wildman–Crippen LogP) is 1.09. The third-order valence-electron chi connectivity index (χ3n) is 4.54. The number of nitrogens with zero attached hydrogens (tertiary/aromatic N) is 3. The number of hydrogen-bond donors (Lipinski definition) is 2. The average Bonchev–Trinajstić information content (AvgIpc) is 3.06. The topological polar surface area (TPSA) is 94.6 Å². The number of benzene rings is 1. The summed E-state index contributed by atoms with van der Waals surface area (Å²) in [7, 11) is 3.54. The Balaban J connectivity index is 1.82. The van der Waals surface area contributed by atoms with Crippen molar-refractivity contribution < 1.29 is 14.3 Å². The van der Waals surface area contributed by atoms with Gasteiger partial charge in [0.2, 0.25) is 0 Å². The number of imidazole rings is 1. The van der Waals surface area contributed by atoms with Gasteiger partial charge in [0.05, 0.1) is 18.2 Å². The van der Waals surface area contributed by atoms with Gasteiger partial charge in [0.1, 0.15) is 5.82 Å². The summed E-state index contributed by atoms with van der Waals surface area (Å²) in [6.45, 7) is 3.05. The molecule has 1 saturated heterocycles. The van der Waals surface area contributed by atoms with E-state index in [1.165, 1.54) is 7.11 Å². The van der Waals surface area contributed by atoms with Crippen LogP contribution in [0.1, 0.15) is 17.4 Å². The first kappa shape index (κ1) is 19.5. The maximum absolute atomic E-state index is 11.0. The number of ether oxygens (including phenoxy) is 2. The van der Waals surface area contributed by atoms with Gasteiger partial charge in [0.25, 0.3) is 5.91 Å². The second-order valence-electron chi connectivity index (χ2n) is 6.45. The molecule has 0 radical (unpaired) electrons. The third kappa shape index (κ3) is 4.52. The van der Waals surface area contributed by atoms with E-state index in [1.807, 2.05) is 36.1 Å². The fraction of sp³-hybridized carbons (Fsp3) is 0.444. The van der Waals surface area contributed by atoms with Gasteiger partial charge in [0, 0.05) is 45.6 Å². The minimum absolute atomic E-state index is 0.161. The second kappa shape index (κ2) is 8.60. The Hall–Kier alpha value is -2.29. The molecule has 0 aliphatic carbocycles. The molecular weight excluding hydrogens is 370 g/mol. The van der Waals surface area contributed by atoms with E-state index in [9.17, 15) is 4.79 Å². The largest absolute Gasteiger partial charge is 0.493 e. The molecule has 1 aliphatic heterocycles. The summed E-state index contributed by atoms with van der Waals surface area (Å²) in [6.07, 6.45) is 3.76. The first-order valence-electron chi connectivity index (χ1n) is 8.69. The number of aromatic nitrogens is 2. The van der Waals surface area contributed by atoms with Crippen LogP contribution < -0.4 is 20.5 Å². The number of hydrogen-bond acceptors (Lipinski definition) is 6. The molecular formula is C18H24ClN5O3. The highest BCUT2D eigenvalue weighted by Crippen LogP contribution is 2.37. The molecule has 3 N–H and O–H groups in total. The number of amides is 1. The molecule has 1 atom stereocenters. The molecule has 2 aromatic rings. The first-order chi connectivity index (χ1) is 13.0. The molecule has 27 heavy (non-hydrogen) atoms. The van der Waals surface area contributed by atoms with E-state index in [0.717, 1.165) is 31.0 Å². The third-order valence-corrected chi connectivity index (χ3v) is 4.83. The van der Waals surface area contributed by atoms with Crippen LogP contribution in [-0.4, -0.2) is 53.7 Å². The minimum atomic E-state index is -0.573. The molecule has 1 aromatic carbocycles. The van der Waals surface area contributed by atoms with Crippen molar-refractivity contribution in [3.63, 3.8) is 0 Å². The fourth-order valence-corrected chi connectivity index (χ4v) is 3.56. The van der Waals surface area contributed by atoms with Gasteiger partial charge in [-0.05, 0) is 17.7 Å². The number of nitrogens with two attached hydrogens (primary N) is 1. The molecule has 1 aromatic heterocycles. The van der Waals surface area contributed by atoms with E-state index >= 15 is 0 Å². The molecule has 1 unspecified atom stereocenters. The summed E-state index contributed by atoms with van der Waals surface area (Å²) in [6, 6.07) is 3.87. The van der Waals surface area contributed by atoms with Crippen molar-refractivity contribution in [3.8, 4) is 11.5 Å². The minimum Gasteiger partial charge on any atom is -0.493 e. The first-order valence-corrected chi connectivity index (χ1v) is 9.07. The highest BCUT2D eigenvalue weighted by atomic mass is 35.5. The van der Waals surface area contributed by atoms with Crippen LogP contribution >= 0.6 is 11.6 Å². The number of methoxy groups -OCH3 is 1. The van der Waals surface area contributed by atoms with Crippen LogP contribution in [0.15, 0.2) is 24.5 Å². The van der Waals surface area contributed by atoms with E-state index in [-0.39, 0.29) is 12.6 Å². The van der Waals surface area contributed by atoms with Crippen molar-refractivity contribution in [2.45, 2.75) is 12.6 Å². The van der Waals surface area contributed by atoms with E-state index < -0.39 is 5.91 Å². The Bertz CT molecular complexity index is 810. The normalized spacial score (nSPS) is 17.7. The van der Waals surface area contributed by atoms with E-state index in [2.05, 4.69) is 15.2 Å². The molecule has 9 heteroatoms. The van der Waals surface area contributed by atoms with Crippen LogP contribution in [0.5, 0.6) is 11.5 Å². The van der Waals surface area contributed by atoms with Crippen LogP contribution in [0.25, 0.3) is 0 Å². The lowest BCUT2D eigenvalue weighted by Gasteiger charge is -2.35. The maximum Gasteiger partial charge on any atom is 0.255 e.